The molecule has 88 valence electrons. The van der Waals surface area contributed by atoms with Crippen molar-refractivity contribution in [3.05, 3.63) is 0 Å². The van der Waals surface area contributed by atoms with Crippen LogP contribution < -0.4 is 0 Å². The fourth-order valence-electron chi connectivity index (χ4n) is 2.47. The van der Waals surface area contributed by atoms with Crippen molar-refractivity contribution in [2.45, 2.75) is 48.8 Å². The number of ether oxygens (including phenoxy) is 2. The Morgan fingerprint density at radius 3 is 2.07 bits per heavy atom. The predicted molar refractivity (Wildman–Crippen MR) is 63.4 cm³/mol. The van der Waals surface area contributed by atoms with Gasteiger partial charge in [-0.15, -0.1) is 11.8 Å². The molecular formula is C10H18O3S2. The second-order valence-corrected chi connectivity index (χ2v) is 7.83. The SMILES string of the molecule is CSC1(S(C)=O)C[C@@H]2OC(C)(C)O[C@H]2C1. The maximum absolute atomic E-state index is 11.8. The standard InChI is InChI=1S/C10H18O3S2/c1-9(2)12-7-5-10(14-3,15(4)11)6-8(7)13-9/h7-8H,5-6H2,1-4H3/t7-,8-,15?/m0/s1. The minimum atomic E-state index is -0.830. The summed E-state index contributed by atoms with van der Waals surface area (Å²) in [5.41, 5.74) is 0. The van der Waals surface area contributed by atoms with E-state index in [1.54, 1.807) is 18.0 Å². The van der Waals surface area contributed by atoms with Crippen molar-refractivity contribution in [1.82, 2.24) is 0 Å². The highest BCUT2D eigenvalue weighted by atomic mass is 32.2. The van der Waals surface area contributed by atoms with E-state index >= 15 is 0 Å². The zero-order chi connectivity index (χ0) is 11.3. The van der Waals surface area contributed by atoms with Gasteiger partial charge in [-0.2, -0.15) is 0 Å². The molecule has 2 aliphatic rings. The summed E-state index contributed by atoms with van der Waals surface area (Å²) in [6, 6.07) is 0. The average molecular weight is 250 g/mol. The third kappa shape index (κ3) is 1.99. The third-order valence-corrected chi connectivity index (χ3v) is 6.87. The molecule has 2 rings (SSSR count). The average Bonchev–Trinajstić information content (AvgIpc) is 2.55. The summed E-state index contributed by atoms with van der Waals surface area (Å²) in [6.45, 7) is 3.88. The second-order valence-electron chi connectivity index (χ2n) is 4.69. The number of hydrogen-bond acceptors (Lipinski definition) is 4. The van der Waals surface area contributed by atoms with E-state index in [2.05, 4.69) is 0 Å². The Hall–Kier alpha value is 0.420. The van der Waals surface area contributed by atoms with Crippen molar-refractivity contribution in [1.29, 1.82) is 0 Å². The molecular weight excluding hydrogens is 232 g/mol. The van der Waals surface area contributed by atoms with E-state index in [1.165, 1.54) is 0 Å². The number of thioether (sulfide) groups is 1. The summed E-state index contributed by atoms with van der Waals surface area (Å²) >= 11 is 1.68. The first-order valence-corrected chi connectivity index (χ1v) is 7.91. The summed E-state index contributed by atoms with van der Waals surface area (Å²) in [5.74, 6) is -0.463. The maximum atomic E-state index is 11.8. The maximum Gasteiger partial charge on any atom is 0.163 e. The van der Waals surface area contributed by atoms with Crippen LogP contribution in [-0.4, -0.2) is 38.8 Å². The molecule has 0 radical (unpaired) electrons. The van der Waals surface area contributed by atoms with Gasteiger partial charge in [0, 0.05) is 29.9 Å². The van der Waals surface area contributed by atoms with Crippen LogP contribution in [-0.2, 0) is 20.3 Å². The summed E-state index contributed by atoms with van der Waals surface area (Å²) in [5, 5.41) is 0. The van der Waals surface area contributed by atoms with Gasteiger partial charge in [-0.3, -0.25) is 4.21 Å². The van der Waals surface area contributed by atoms with Crippen LogP contribution >= 0.6 is 11.8 Å². The molecule has 0 aromatic heterocycles. The van der Waals surface area contributed by atoms with Crippen LogP contribution in [0.15, 0.2) is 0 Å². The van der Waals surface area contributed by atoms with E-state index in [-0.39, 0.29) is 16.3 Å². The molecule has 1 saturated carbocycles. The van der Waals surface area contributed by atoms with E-state index in [4.69, 9.17) is 9.47 Å². The molecule has 0 aromatic rings. The van der Waals surface area contributed by atoms with E-state index in [0.717, 1.165) is 12.8 Å². The lowest BCUT2D eigenvalue weighted by atomic mass is 10.3. The van der Waals surface area contributed by atoms with Crippen LogP contribution in [0.25, 0.3) is 0 Å². The highest BCUT2D eigenvalue weighted by molar-refractivity contribution is 8.11. The zero-order valence-corrected chi connectivity index (χ0v) is 11.2. The normalized spacial score (nSPS) is 38.9. The fraction of sp³-hybridized carbons (Fsp3) is 1.00. The van der Waals surface area contributed by atoms with Crippen molar-refractivity contribution in [3.8, 4) is 0 Å². The Morgan fingerprint density at radius 2 is 1.73 bits per heavy atom. The lowest BCUT2D eigenvalue weighted by Crippen LogP contribution is -2.31. The smallest absolute Gasteiger partial charge is 0.163 e. The summed E-state index contributed by atoms with van der Waals surface area (Å²) in [6.07, 6.45) is 5.72. The molecule has 1 unspecified atom stereocenters. The first kappa shape index (κ1) is 11.9. The Kier molecular flexibility index (Phi) is 2.95. The largest absolute Gasteiger partial charge is 0.344 e. The molecule has 1 aliphatic carbocycles. The number of rotatable bonds is 2. The molecule has 5 heteroatoms. The Labute approximate surface area is 97.7 Å². The molecule has 2 fully saturated rings. The van der Waals surface area contributed by atoms with E-state index < -0.39 is 16.6 Å². The van der Waals surface area contributed by atoms with E-state index in [9.17, 15) is 4.21 Å². The molecule has 1 heterocycles. The van der Waals surface area contributed by atoms with Crippen molar-refractivity contribution >= 4 is 22.6 Å². The molecule has 1 saturated heterocycles. The van der Waals surface area contributed by atoms with Crippen LogP contribution in [0, 0.1) is 0 Å². The van der Waals surface area contributed by atoms with Crippen molar-refractivity contribution in [3.63, 3.8) is 0 Å². The monoisotopic (exact) mass is 250 g/mol. The zero-order valence-electron chi connectivity index (χ0n) is 9.61. The van der Waals surface area contributed by atoms with Gasteiger partial charge in [0.25, 0.3) is 0 Å². The summed E-state index contributed by atoms with van der Waals surface area (Å²) in [4.78, 5) is 0. The van der Waals surface area contributed by atoms with Gasteiger partial charge in [-0.1, -0.05) is 0 Å². The van der Waals surface area contributed by atoms with Gasteiger partial charge in [0.1, 0.15) is 0 Å². The van der Waals surface area contributed by atoms with Crippen LogP contribution in [0.4, 0.5) is 0 Å². The summed E-state index contributed by atoms with van der Waals surface area (Å²) in [7, 11) is -0.830. The Bertz CT molecular complexity index is 274. The van der Waals surface area contributed by atoms with Gasteiger partial charge in [0.05, 0.1) is 16.3 Å². The topological polar surface area (TPSA) is 35.5 Å². The van der Waals surface area contributed by atoms with Crippen molar-refractivity contribution < 1.29 is 13.7 Å². The van der Waals surface area contributed by atoms with Gasteiger partial charge in [-0.05, 0) is 20.1 Å². The van der Waals surface area contributed by atoms with E-state index in [0.29, 0.717) is 0 Å². The third-order valence-electron chi connectivity index (χ3n) is 3.21. The van der Waals surface area contributed by atoms with Crippen molar-refractivity contribution in [2.75, 3.05) is 12.5 Å². The highest BCUT2D eigenvalue weighted by Gasteiger charge is 2.55. The van der Waals surface area contributed by atoms with Gasteiger partial charge in [0.15, 0.2) is 5.79 Å². The van der Waals surface area contributed by atoms with Gasteiger partial charge < -0.3 is 9.47 Å². The molecule has 1 aliphatic heterocycles. The van der Waals surface area contributed by atoms with Crippen molar-refractivity contribution in [2.24, 2.45) is 0 Å². The molecule has 0 spiro atoms. The molecule has 0 bridgehead atoms. The highest BCUT2D eigenvalue weighted by Crippen LogP contribution is 2.49. The minimum absolute atomic E-state index is 0.122. The quantitative estimate of drug-likeness (QED) is 0.748. The molecule has 0 amide bonds. The predicted octanol–water partition coefficient (Wildman–Crippen LogP) is 1.74. The molecule has 3 nitrogen and oxygen atoms in total. The minimum Gasteiger partial charge on any atom is -0.344 e. The van der Waals surface area contributed by atoms with Gasteiger partial charge in [-0.25, -0.2) is 0 Å². The molecule has 0 aromatic carbocycles. The van der Waals surface area contributed by atoms with Crippen LogP contribution in [0.3, 0.4) is 0 Å². The van der Waals surface area contributed by atoms with E-state index in [1.807, 2.05) is 20.1 Å². The van der Waals surface area contributed by atoms with Gasteiger partial charge >= 0.3 is 0 Å². The lowest BCUT2D eigenvalue weighted by Gasteiger charge is -2.27. The Balaban J connectivity index is 2.13. The number of fused-ring (bicyclic) bond motifs is 1. The van der Waals surface area contributed by atoms with Crippen LogP contribution in [0.2, 0.25) is 0 Å². The summed E-state index contributed by atoms with van der Waals surface area (Å²) < 4.78 is 23.2. The van der Waals surface area contributed by atoms with Gasteiger partial charge in [0.2, 0.25) is 0 Å². The molecule has 3 atom stereocenters. The fourth-order valence-corrected chi connectivity index (χ4v) is 4.87. The number of hydrogen-bond donors (Lipinski definition) is 0. The molecule has 0 N–H and O–H groups in total. The second kappa shape index (κ2) is 3.72. The first-order chi connectivity index (χ1) is 6.88. The lowest BCUT2D eigenvalue weighted by molar-refractivity contribution is -0.151. The first-order valence-electron chi connectivity index (χ1n) is 5.13. The van der Waals surface area contributed by atoms with Crippen LogP contribution in [0.1, 0.15) is 26.7 Å². The molecule has 15 heavy (non-hydrogen) atoms. The van der Waals surface area contributed by atoms with Crippen LogP contribution in [0.5, 0.6) is 0 Å². The Morgan fingerprint density at radius 1 is 1.27 bits per heavy atom.